The monoisotopic (exact) mass is 360 g/mol. The van der Waals surface area contributed by atoms with Crippen LogP contribution in [0.2, 0.25) is 5.02 Å². The first kappa shape index (κ1) is 14.0. The number of aromatic nitrogens is 1. The molecular weight excluding hydrogens is 354 g/mol. The molecule has 104 valence electrons. The van der Waals surface area contributed by atoms with Gasteiger partial charge in [0.25, 0.3) is 0 Å². The first-order chi connectivity index (χ1) is 10.1. The van der Waals surface area contributed by atoms with Crippen molar-refractivity contribution in [3.63, 3.8) is 0 Å². The zero-order valence-corrected chi connectivity index (χ0v) is 13.0. The van der Waals surface area contributed by atoms with Crippen molar-refractivity contribution < 1.29 is 9.90 Å². The fourth-order valence-corrected chi connectivity index (χ4v) is 3.08. The van der Waals surface area contributed by atoms with Crippen molar-refractivity contribution in [2.24, 2.45) is 0 Å². The molecule has 5 heteroatoms. The summed E-state index contributed by atoms with van der Waals surface area (Å²) in [5.74, 6) is -1.26. The van der Waals surface area contributed by atoms with Crippen molar-refractivity contribution in [3.8, 4) is 11.3 Å². The molecule has 1 heterocycles. The van der Waals surface area contributed by atoms with Gasteiger partial charge in [0, 0.05) is 26.0 Å². The Morgan fingerprint density at radius 3 is 2.52 bits per heavy atom. The summed E-state index contributed by atoms with van der Waals surface area (Å²) in [5.41, 5.74) is 2.02. The third-order valence-corrected chi connectivity index (χ3v) is 3.94. The molecule has 3 nitrogen and oxygen atoms in total. The molecule has 0 radical (unpaired) electrons. The van der Waals surface area contributed by atoms with E-state index in [1.54, 1.807) is 12.1 Å². The molecule has 0 fully saturated rings. The number of halogens is 2. The molecule has 0 saturated heterocycles. The number of benzene rings is 2. The highest BCUT2D eigenvalue weighted by Crippen LogP contribution is 2.31. The Kier molecular flexibility index (Phi) is 3.66. The minimum Gasteiger partial charge on any atom is -0.545 e. The molecule has 0 bridgehead atoms. The number of pyridine rings is 1. The summed E-state index contributed by atoms with van der Waals surface area (Å²) in [5, 5.41) is 12.3. The Hall–Kier alpha value is -1.91. The van der Waals surface area contributed by atoms with E-state index in [9.17, 15) is 9.90 Å². The van der Waals surface area contributed by atoms with Crippen LogP contribution in [0.4, 0.5) is 0 Å². The number of fused-ring (bicyclic) bond motifs is 1. The zero-order valence-electron chi connectivity index (χ0n) is 10.6. The van der Waals surface area contributed by atoms with Gasteiger partial charge in [-0.2, -0.15) is 0 Å². The quantitative estimate of drug-likeness (QED) is 0.699. The molecule has 0 atom stereocenters. The number of carboxylic acids is 1. The lowest BCUT2D eigenvalue weighted by molar-refractivity contribution is -0.254. The largest absolute Gasteiger partial charge is 0.545 e. The second-order valence-corrected chi connectivity index (χ2v) is 5.78. The highest BCUT2D eigenvalue weighted by molar-refractivity contribution is 9.10. The summed E-state index contributed by atoms with van der Waals surface area (Å²) in [7, 11) is 0. The fourth-order valence-electron chi connectivity index (χ4n) is 2.18. The lowest BCUT2D eigenvalue weighted by Gasteiger charge is -2.12. The summed E-state index contributed by atoms with van der Waals surface area (Å²) < 4.78 is 0.644. The van der Waals surface area contributed by atoms with E-state index in [-0.39, 0.29) is 5.56 Å². The SMILES string of the molecule is O=C([O-])c1cc(-c2ccccc2)nc2c(Br)cc(Cl)cc12. The van der Waals surface area contributed by atoms with Gasteiger partial charge in [0.15, 0.2) is 0 Å². The van der Waals surface area contributed by atoms with E-state index in [4.69, 9.17) is 11.6 Å². The number of carbonyl (C=O) groups excluding carboxylic acids is 1. The van der Waals surface area contributed by atoms with Crippen LogP contribution >= 0.6 is 27.5 Å². The van der Waals surface area contributed by atoms with Gasteiger partial charge in [-0.1, -0.05) is 41.9 Å². The topological polar surface area (TPSA) is 53.0 Å². The summed E-state index contributed by atoms with van der Waals surface area (Å²) in [6.07, 6.45) is 0. The Labute approximate surface area is 134 Å². The molecule has 2 aromatic carbocycles. The van der Waals surface area contributed by atoms with E-state index in [1.165, 1.54) is 6.07 Å². The van der Waals surface area contributed by atoms with Crippen LogP contribution in [0.15, 0.2) is 53.0 Å². The van der Waals surface area contributed by atoms with Crippen molar-refractivity contribution in [2.45, 2.75) is 0 Å². The predicted molar refractivity (Wildman–Crippen MR) is 84.2 cm³/mol. The maximum atomic E-state index is 11.4. The van der Waals surface area contributed by atoms with Gasteiger partial charge in [-0.05, 0) is 34.1 Å². The fraction of sp³-hybridized carbons (Fsp3) is 0. The number of carboxylic acid groups (broad SMARTS) is 1. The van der Waals surface area contributed by atoms with E-state index in [0.717, 1.165) is 5.56 Å². The number of hydrogen-bond acceptors (Lipinski definition) is 3. The summed E-state index contributed by atoms with van der Waals surface area (Å²) >= 11 is 9.36. The maximum absolute atomic E-state index is 11.4. The molecule has 3 rings (SSSR count). The third-order valence-electron chi connectivity index (χ3n) is 3.12. The van der Waals surface area contributed by atoms with Gasteiger partial charge >= 0.3 is 0 Å². The van der Waals surface area contributed by atoms with Crippen LogP contribution in [0, 0.1) is 0 Å². The van der Waals surface area contributed by atoms with Crippen molar-refractivity contribution in [1.29, 1.82) is 0 Å². The normalized spacial score (nSPS) is 10.8. The van der Waals surface area contributed by atoms with Crippen LogP contribution in [0.3, 0.4) is 0 Å². The van der Waals surface area contributed by atoms with Crippen LogP contribution in [0.5, 0.6) is 0 Å². The van der Waals surface area contributed by atoms with Crippen molar-refractivity contribution >= 4 is 44.4 Å². The van der Waals surface area contributed by atoms with Gasteiger partial charge in [0.2, 0.25) is 0 Å². The van der Waals surface area contributed by atoms with Crippen molar-refractivity contribution in [2.75, 3.05) is 0 Å². The predicted octanol–water partition coefficient (Wildman–Crippen LogP) is 3.68. The molecule has 0 aliphatic heterocycles. The molecule has 0 aliphatic rings. The Morgan fingerprint density at radius 1 is 1.14 bits per heavy atom. The molecule has 0 saturated carbocycles. The lowest BCUT2D eigenvalue weighted by atomic mass is 10.0. The van der Waals surface area contributed by atoms with Gasteiger partial charge in [-0.15, -0.1) is 0 Å². The highest BCUT2D eigenvalue weighted by Gasteiger charge is 2.11. The van der Waals surface area contributed by atoms with E-state index in [0.29, 0.717) is 26.1 Å². The lowest BCUT2D eigenvalue weighted by Crippen LogP contribution is -2.22. The number of hydrogen-bond donors (Lipinski definition) is 0. The Balaban J connectivity index is 2.38. The van der Waals surface area contributed by atoms with Crippen LogP contribution < -0.4 is 5.11 Å². The Bertz CT molecular complexity index is 850. The van der Waals surface area contributed by atoms with Gasteiger partial charge in [-0.25, -0.2) is 4.98 Å². The number of nitrogens with zero attached hydrogens (tertiary/aromatic N) is 1. The number of aromatic carboxylic acids is 1. The molecule has 0 spiro atoms. The summed E-state index contributed by atoms with van der Waals surface area (Å²) in [6, 6.07) is 14.1. The molecule has 3 aromatic rings. The van der Waals surface area contributed by atoms with E-state index < -0.39 is 5.97 Å². The standard InChI is InChI=1S/C16H9BrClNO2/c17-13-7-10(18)6-11-12(16(20)21)8-14(19-15(11)13)9-4-2-1-3-5-9/h1-8H,(H,20,21)/p-1. The summed E-state index contributed by atoms with van der Waals surface area (Å²) in [6.45, 7) is 0. The van der Waals surface area contributed by atoms with Crippen LogP contribution in [-0.4, -0.2) is 11.0 Å². The van der Waals surface area contributed by atoms with Crippen molar-refractivity contribution in [3.05, 3.63) is 63.6 Å². The number of rotatable bonds is 2. The van der Waals surface area contributed by atoms with Crippen LogP contribution in [-0.2, 0) is 0 Å². The first-order valence-electron chi connectivity index (χ1n) is 6.13. The first-order valence-corrected chi connectivity index (χ1v) is 7.30. The van der Waals surface area contributed by atoms with Gasteiger partial charge in [0.1, 0.15) is 0 Å². The minimum atomic E-state index is -1.26. The highest BCUT2D eigenvalue weighted by atomic mass is 79.9. The van der Waals surface area contributed by atoms with E-state index in [1.807, 2.05) is 30.3 Å². The molecule has 0 amide bonds. The molecule has 0 N–H and O–H groups in total. The molecule has 0 unspecified atom stereocenters. The molecule has 21 heavy (non-hydrogen) atoms. The molecular formula is C16H8BrClNO2-. The second-order valence-electron chi connectivity index (χ2n) is 4.49. The van der Waals surface area contributed by atoms with Gasteiger partial charge in [-0.3, -0.25) is 0 Å². The number of carbonyl (C=O) groups is 1. The van der Waals surface area contributed by atoms with Crippen LogP contribution in [0.25, 0.3) is 22.2 Å². The second kappa shape index (κ2) is 5.47. The average molecular weight is 362 g/mol. The van der Waals surface area contributed by atoms with Crippen LogP contribution in [0.1, 0.15) is 10.4 Å². The van der Waals surface area contributed by atoms with E-state index in [2.05, 4.69) is 20.9 Å². The maximum Gasteiger partial charge on any atom is 0.0859 e. The van der Waals surface area contributed by atoms with E-state index >= 15 is 0 Å². The average Bonchev–Trinajstić information content (AvgIpc) is 2.47. The Morgan fingerprint density at radius 2 is 1.86 bits per heavy atom. The third kappa shape index (κ3) is 2.64. The smallest absolute Gasteiger partial charge is 0.0859 e. The van der Waals surface area contributed by atoms with Crippen molar-refractivity contribution in [1.82, 2.24) is 4.98 Å². The molecule has 1 aromatic heterocycles. The summed E-state index contributed by atoms with van der Waals surface area (Å²) in [4.78, 5) is 16.0. The zero-order chi connectivity index (χ0) is 15.0. The van der Waals surface area contributed by atoms with Gasteiger partial charge < -0.3 is 9.90 Å². The minimum absolute atomic E-state index is 0.0713. The molecule has 0 aliphatic carbocycles. The van der Waals surface area contributed by atoms with Gasteiger partial charge in [0.05, 0.1) is 17.2 Å².